The van der Waals surface area contributed by atoms with Crippen molar-refractivity contribution < 1.29 is 22.7 Å². The average molecular weight is 414 g/mol. The number of hydrogen-bond acceptors (Lipinski definition) is 6. The van der Waals surface area contributed by atoms with E-state index in [1.807, 2.05) is 38.1 Å². The zero-order chi connectivity index (χ0) is 21.0. The van der Waals surface area contributed by atoms with E-state index in [0.29, 0.717) is 23.4 Å². The Hall–Kier alpha value is -2.97. The maximum atomic E-state index is 12.7. The first-order valence-corrected chi connectivity index (χ1v) is 10.7. The smallest absolute Gasteiger partial charge is 0.340 e. The maximum absolute atomic E-state index is 12.7. The number of rotatable bonds is 7. The van der Waals surface area contributed by atoms with Crippen LogP contribution in [0.25, 0.3) is 10.9 Å². The van der Waals surface area contributed by atoms with Gasteiger partial charge in [-0.05, 0) is 49.2 Å². The van der Waals surface area contributed by atoms with E-state index >= 15 is 0 Å². The van der Waals surface area contributed by atoms with Gasteiger partial charge in [0.05, 0.1) is 21.7 Å². The second kappa shape index (κ2) is 8.59. The van der Waals surface area contributed by atoms with Gasteiger partial charge in [0.15, 0.2) is 0 Å². The SMILES string of the molecule is CCc1nc2ccccc2c(C)c1C(=O)OCCOc1ccc(S(N)(=O)=O)cc1. The van der Waals surface area contributed by atoms with Crippen molar-refractivity contribution in [3.05, 3.63) is 65.4 Å². The number of primary sulfonamides is 1. The summed E-state index contributed by atoms with van der Waals surface area (Å²) in [6, 6.07) is 13.4. The molecule has 0 spiro atoms. The molecule has 0 saturated heterocycles. The number of nitrogens with zero attached hydrogens (tertiary/aromatic N) is 1. The standard InChI is InChI=1S/C21H22N2O5S/c1-3-18-20(14(2)17-6-4-5-7-19(17)23-18)21(24)28-13-12-27-15-8-10-16(11-9-15)29(22,25)26/h4-11H,3,12-13H2,1-2H3,(H2,22,25,26). The first kappa shape index (κ1) is 20.8. The third-order valence-electron chi connectivity index (χ3n) is 4.50. The van der Waals surface area contributed by atoms with Crippen molar-refractivity contribution >= 4 is 26.9 Å². The van der Waals surface area contributed by atoms with Gasteiger partial charge in [-0.2, -0.15) is 0 Å². The summed E-state index contributed by atoms with van der Waals surface area (Å²) in [5, 5.41) is 5.98. The van der Waals surface area contributed by atoms with Crippen LogP contribution in [-0.2, 0) is 21.2 Å². The van der Waals surface area contributed by atoms with Crippen LogP contribution in [0.3, 0.4) is 0 Å². The minimum Gasteiger partial charge on any atom is -0.490 e. The van der Waals surface area contributed by atoms with E-state index in [-0.39, 0.29) is 18.1 Å². The summed E-state index contributed by atoms with van der Waals surface area (Å²) in [6.45, 7) is 4.01. The van der Waals surface area contributed by atoms with Crippen LogP contribution in [0.15, 0.2) is 53.4 Å². The lowest BCUT2D eigenvalue weighted by atomic mass is 10.0. The lowest BCUT2D eigenvalue weighted by molar-refractivity contribution is 0.0448. The van der Waals surface area contributed by atoms with Gasteiger partial charge in [0, 0.05) is 5.39 Å². The van der Waals surface area contributed by atoms with Crippen LogP contribution < -0.4 is 9.88 Å². The number of esters is 1. The number of sulfonamides is 1. The zero-order valence-corrected chi connectivity index (χ0v) is 17.0. The fraction of sp³-hybridized carbons (Fsp3) is 0.238. The van der Waals surface area contributed by atoms with E-state index in [0.717, 1.165) is 16.5 Å². The molecule has 0 unspecified atom stereocenters. The predicted molar refractivity (Wildman–Crippen MR) is 109 cm³/mol. The molecule has 0 fully saturated rings. The fourth-order valence-electron chi connectivity index (χ4n) is 3.06. The minimum atomic E-state index is -3.74. The lowest BCUT2D eigenvalue weighted by Crippen LogP contribution is -2.16. The fourth-order valence-corrected chi connectivity index (χ4v) is 3.57. The number of nitrogens with two attached hydrogens (primary N) is 1. The Morgan fingerprint density at radius 2 is 1.76 bits per heavy atom. The van der Waals surface area contributed by atoms with Gasteiger partial charge in [0.25, 0.3) is 0 Å². The van der Waals surface area contributed by atoms with Gasteiger partial charge in [0.1, 0.15) is 19.0 Å². The molecule has 0 bridgehead atoms. The highest BCUT2D eigenvalue weighted by Crippen LogP contribution is 2.24. The molecule has 0 aliphatic rings. The molecule has 0 aliphatic heterocycles. The third kappa shape index (κ3) is 4.72. The molecule has 0 saturated carbocycles. The number of pyridine rings is 1. The van der Waals surface area contributed by atoms with Gasteiger partial charge in [-0.1, -0.05) is 25.1 Å². The number of carbonyl (C=O) groups is 1. The van der Waals surface area contributed by atoms with Crippen LogP contribution in [0.5, 0.6) is 5.75 Å². The highest BCUT2D eigenvalue weighted by Gasteiger charge is 2.19. The number of carbonyl (C=O) groups excluding carboxylic acids is 1. The molecule has 3 rings (SSSR count). The molecule has 152 valence electrons. The Kier molecular flexibility index (Phi) is 6.14. The molecule has 2 N–H and O–H groups in total. The molecule has 0 radical (unpaired) electrons. The van der Waals surface area contributed by atoms with Gasteiger partial charge < -0.3 is 9.47 Å². The van der Waals surface area contributed by atoms with Gasteiger partial charge >= 0.3 is 5.97 Å². The van der Waals surface area contributed by atoms with Gasteiger partial charge in [-0.3, -0.25) is 4.98 Å². The molecule has 0 amide bonds. The molecule has 1 heterocycles. The molecule has 2 aromatic carbocycles. The zero-order valence-electron chi connectivity index (χ0n) is 16.2. The Morgan fingerprint density at radius 3 is 2.41 bits per heavy atom. The Morgan fingerprint density at radius 1 is 1.07 bits per heavy atom. The molecule has 8 heteroatoms. The summed E-state index contributed by atoms with van der Waals surface area (Å²) < 4.78 is 33.4. The molecule has 3 aromatic rings. The summed E-state index contributed by atoms with van der Waals surface area (Å²) in [4.78, 5) is 17.2. The molecule has 0 atom stereocenters. The normalized spacial score (nSPS) is 11.4. The highest BCUT2D eigenvalue weighted by atomic mass is 32.2. The Balaban J connectivity index is 1.65. The first-order chi connectivity index (χ1) is 13.8. The molecule has 1 aromatic heterocycles. The summed E-state index contributed by atoms with van der Waals surface area (Å²) in [5.41, 5.74) is 2.89. The quantitative estimate of drug-likeness (QED) is 0.470. The van der Waals surface area contributed by atoms with E-state index in [1.54, 1.807) is 0 Å². The van der Waals surface area contributed by atoms with Crippen molar-refractivity contribution in [2.75, 3.05) is 13.2 Å². The third-order valence-corrected chi connectivity index (χ3v) is 5.43. The van der Waals surface area contributed by atoms with Gasteiger partial charge in [0.2, 0.25) is 10.0 Å². The highest BCUT2D eigenvalue weighted by molar-refractivity contribution is 7.89. The van der Waals surface area contributed by atoms with Crippen LogP contribution >= 0.6 is 0 Å². The van der Waals surface area contributed by atoms with E-state index in [2.05, 4.69) is 4.98 Å². The predicted octanol–water partition coefficient (Wildman–Crippen LogP) is 2.99. The van der Waals surface area contributed by atoms with Crippen LogP contribution in [0.4, 0.5) is 0 Å². The van der Waals surface area contributed by atoms with Crippen molar-refractivity contribution in [1.82, 2.24) is 4.98 Å². The largest absolute Gasteiger partial charge is 0.490 e. The summed E-state index contributed by atoms with van der Waals surface area (Å²) in [7, 11) is -3.74. The Labute approximate surface area is 169 Å². The van der Waals surface area contributed by atoms with Crippen molar-refractivity contribution in [2.45, 2.75) is 25.2 Å². The average Bonchev–Trinajstić information content (AvgIpc) is 2.70. The molecule has 0 aliphatic carbocycles. The van der Waals surface area contributed by atoms with Gasteiger partial charge in [-0.15, -0.1) is 0 Å². The second-order valence-electron chi connectivity index (χ2n) is 6.43. The number of fused-ring (bicyclic) bond motifs is 1. The van der Waals surface area contributed by atoms with Crippen molar-refractivity contribution in [2.24, 2.45) is 5.14 Å². The molecule has 29 heavy (non-hydrogen) atoms. The first-order valence-electron chi connectivity index (χ1n) is 9.12. The summed E-state index contributed by atoms with van der Waals surface area (Å²) in [6.07, 6.45) is 0.614. The number of benzene rings is 2. The number of hydrogen-bond donors (Lipinski definition) is 1. The van der Waals surface area contributed by atoms with E-state index in [1.165, 1.54) is 24.3 Å². The number of aryl methyl sites for hydroxylation is 2. The number of para-hydroxylation sites is 1. The molecular formula is C21H22N2O5S. The van der Waals surface area contributed by atoms with Crippen molar-refractivity contribution in [3.8, 4) is 5.75 Å². The molecule has 7 nitrogen and oxygen atoms in total. The van der Waals surface area contributed by atoms with Crippen LogP contribution in [0.1, 0.15) is 28.5 Å². The molecular weight excluding hydrogens is 392 g/mol. The van der Waals surface area contributed by atoms with Crippen molar-refractivity contribution in [1.29, 1.82) is 0 Å². The minimum absolute atomic E-state index is 0.00246. The van der Waals surface area contributed by atoms with E-state index in [9.17, 15) is 13.2 Å². The second-order valence-corrected chi connectivity index (χ2v) is 7.99. The van der Waals surface area contributed by atoms with E-state index in [4.69, 9.17) is 14.6 Å². The summed E-state index contributed by atoms with van der Waals surface area (Å²) in [5.74, 6) is 0.0111. The lowest BCUT2D eigenvalue weighted by Gasteiger charge is -2.13. The van der Waals surface area contributed by atoms with Gasteiger partial charge in [-0.25, -0.2) is 18.4 Å². The van der Waals surface area contributed by atoms with Crippen LogP contribution in [0.2, 0.25) is 0 Å². The number of ether oxygens (including phenoxy) is 2. The monoisotopic (exact) mass is 414 g/mol. The summed E-state index contributed by atoms with van der Waals surface area (Å²) >= 11 is 0. The van der Waals surface area contributed by atoms with Crippen molar-refractivity contribution in [3.63, 3.8) is 0 Å². The topological polar surface area (TPSA) is 109 Å². The van der Waals surface area contributed by atoms with E-state index < -0.39 is 16.0 Å². The maximum Gasteiger partial charge on any atom is 0.340 e. The van der Waals surface area contributed by atoms with Crippen LogP contribution in [-0.4, -0.2) is 32.6 Å². The number of aromatic nitrogens is 1. The Bertz CT molecular complexity index is 1140. The van der Waals surface area contributed by atoms with Crippen LogP contribution in [0, 0.1) is 6.92 Å².